The number of alkyl halides is 1. The van der Waals surface area contributed by atoms with Crippen molar-refractivity contribution >= 4 is 21.4 Å². The van der Waals surface area contributed by atoms with Crippen LogP contribution >= 0.6 is 15.9 Å². The highest BCUT2D eigenvalue weighted by atomic mass is 79.9. The van der Waals surface area contributed by atoms with Gasteiger partial charge in [0, 0.05) is 24.3 Å². The summed E-state index contributed by atoms with van der Waals surface area (Å²) in [6.07, 6.45) is 5.27. The third-order valence-electron chi connectivity index (χ3n) is 3.11. The first-order valence-electron chi connectivity index (χ1n) is 5.72. The number of aromatic nitrogens is 3. The van der Waals surface area contributed by atoms with Gasteiger partial charge in [-0.25, -0.2) is 4.52 Å². The molecule has 0 radical (unpaired) electrons. The normalized spacial score (nSPS) is 13.4. The zero-order valence-electron chi connectivity index (χ0n) is 10.0. The summed E-state index contributed by atoms with van der Waals surface area (Å²) in [6.45, 7) is 5.09. The molecule has 5 heteroatoms. The molecule has 0 amide bonds. The molecule has 0 bridgehead atoms. The van der Waals surface area contributed by atoms with Gasteiger partial charge in [0.25, 0.3) is 5.56 Å². The molecule has 2 heterocycles. The summed E-state index contributed by atoms with van der Waals surface area (Å²) in [4.78, 5) is 12.2. The molecule has 0 N–H and O–H groups in total. The maximum absolute atomic E-state index is 12.2. The second-order valence-electron chi connectivity index (χ2n) is 4.58. The van der Waals surface area contributed by atoms with Crippen molar-refractivity contribution in [3.63, 3.8) is 0 Å². The molecule has 2 aromatic heterocycles. The quantitative estimate of drug-likeness (QED) is 0.812. The van der Waals surface area contributed by atoms with Crippen LogP contribution in [-0.4, -0.2) is 19.5 Å². The van der Waals surface area contributed by atoms with Crippen LogP contribution in [0.5, 0.6) is 0 Å². The lowest BCUT2D eigenvalue weighted by atomic mass is 9.98. The van der Waals surface area contributed by atoms with Crippen LogP contribution in [0.4, 0.5) is 0 Å². The number of nitrogens with zero attached hydrogens (tertiary/aromatic N) is 3. The van der Waals surface area contributed by atoms with E-state index < -0.39 is 0 Å². The van der Waals surface area contributed by atoms with Crippen molar-refractivity contribution in [2.24, 2.45) is 11.8 Å². The molecule has 0 aliphatic rings. The summed E-state index contributed by atoms with van der Waals surface area (Å²) in [7, 11) is 0. The van der Waals surface area contributed by atoms with E-state index in [2.05, 4.69) is 34.9 Å². The van der Waals surface area contributed by atoms with Crippen LogP contribution in [0.15, 0.2) is 29.5 Å². The Morgan fingerprint density at radius 1 is 1.41 bits per heavy atom. The first-order chi connectivity index (χ1) is 8.13. The van der Waals surface area contributed by atoms with Crippen molar-refractivity contribution in [3.05, 3.63) is 35.0 Å². The fourth-order valence-electron chi connectivity index (χ4n) is 1.80. The summed E-state index contributed by atoms with van der Waals surface area (Å²) in [5.41, 5.74) is 0.654. The molecule has 0 aromatic carbocycles. The number of fused-ring (bicyclic) bond motifs is 1. The van der Waals surface area contributed by atoms with Crippen LogP contribution in [0.1, 0.15) is 13.8 Å². The lowest BCUT2D eigenvalue weighted by molar-refractivity contribution is 0.368. The SMILES string of the molecule is CC(C)C(CBr)Cn1ccn2nccc2c1=O. The van der Waals surface area contributed by atoms with Crippen LogP contribution in [0.25, 0.3) is 5.52 Å². The lowest BCUT2D eigenvalue weighted by Crippen LogP contribution is -2.27. The van der Waals surface area contributed by atoms with Gasteiger partial charge in [-0.3, -0.25) is 4.79 Å². The molecule has 0 saturated heterocycles. The summed E-state index contributed by atoms with van der Waals surface area (Å²) < 4.78 is 3.38. The molecular weight excluding hydrogens is 282 g/mol. The van der Waals surface area contributed by atoms with Gasteiger partial charge >= 0.3 is 0 Å². The van der Waals surface area contributed by atoms with E-state index in [9.17, 15) is 4.79 Å². The largest absolute Gasteiger partial charge is 0.312 e. The van der Waals surface area contributed by atoms with Gasteiger partial charge in [-0.15, -0.1) is 0 Å². The molecule has 0 aliphatic carbocycles. The fourth-order valence-corrected chi connectivity index (χ4v) is 2.75. The molecule has 2 aromatic rings. The topological polar surface area (TPSA) is 39.3 Å². The van der Waals surface area contributed by atoms with E-state index in [0.29, 0.717) is 17.4 Å². The molecule has 0 fully saturated rings. The average Bonchev–Trinajstić information content (AvgIpc) is 2.76. The smallest absolute Gasteiger partial charge is 0.276 e. The minimum atomic E-state index is 0.0246. The molecule has 4 nitrogen and oxygen atoms in total. The zero-order chi connectivity index (χ0) is 12.4. The standard InChI is InChI=1S/C12H16BrN3O/c1-9(2)10(7-13)8-15-5-6-16-11(12(15)17)3-4-14-16/h3-6,9-10H,7-8H2,1-2H3. The van der Waals surface area contributed by atoms with Crippen molar-refractivity contribution < 1.29 is 0 Å². The molecule has 1 atom stereocenters. The van der Waals surface area contributed by atoms with Crippen LogP contribution in [0, 0.1) is 11.8 Å². The minimum Gasteiger partial charge on any atom is -0.312 e. The van der Waals surface area contributed by atoms with Crippen molar-refractivity contribution in [1.29, 1.82) is 0 Å². The number of hydrogen-bond acceptors (Lipinski definition) is 2. The molecule has 1 unspecified atom stereocenters. The van der Waals surface area contributed by atoms with E-state index >= 15 is 0 Å². The second kappa shape index (κ2) is 5.04. The van der Waals surface area contributed by atoms with Gasteiger partial charge in [0.2, 0.25) is 0 Å². The monoisotopic (exact) mass is 297 g/mol. The zero-order valence-corrected chi connectivity index (χ0v) is 11.6. The van der Waals surface area contributed by atoms with Gasteiger partial charge in [0.05, 0.1) is 6.20 Å². The number of hydrogen-bond donors (Lipinski definition) is 0. The van der Waals surface area contributed by atoms with Crippen LogP contribution < -0.4 is 5.56 Å². The Kier molecular flexibility index (Phi) is 3.66. The third kappa shape index (κ3) is 2.44. The number of halogens is 1. The van der Waals surface area contributed by atoms with Crippen LogP contribution in [0.3, 0.4) is 0 Å². The molecule has 0 saturated carbocycles. The third-order valence-corrected chi connectivity index (χ3v) is 3.94. The lowest BCUT2D eigenvalue weighted by Gasteiger charge is -2.19. The summed E-state index contributed by atoms with van der Waals surface area (Å²) in [5.74, 6) is 1.00. The second-order valence-corrected chi connectivity index (χ2v) is 5.22. The van der Waals surface area contributed by atoms with Gasteiger partial charge in [-0.05, 0) is 17.9 Å². The molecule has 0 aliphatic heterocycles. The van der Waals surface area contributed by atoms with Crippen LogP contribution in [-0.2, 0) is 6.54 Å². The highest BCUT2D eigenvalue weighted by Gasteiger charge is 2.14. The Labute approximate surface area is 108 Å². The first-order valence-corrected chi connectivity index (χ1v) is 6.84. The Bertz CT molecular complexity index is 558. The van der Waals surface area contributed by atoms with Gasteiger partial charge in [0.1, 0.15) is 5.52 Å². The van der Waals surface area contributed by atoms with Gasteiger partial charge < -0.3 is 4.57 Å². The highest BCUT2D eigenvalue weighted by molar-refractivity contribution is 9.09. The summed E-state index contributed by atoms with van der Waals surface area (Å²) >= 11 is 3.51. The van der Waals surface area contributed by atoms with E-state index in [4.69, 9.17) is 0 Å². The predicted molar refractivity (Wildman–Crippen MR) is 71.6 cm³/mol. The van der Waals surface area contributed by atoms with Gasteiger partial charge in [-0.1, -0.05) is 29.8 Å². The van der Waals surface area contributed by atoms with E-state index in [1.165, 1.54) is 0 Å². The van der Waals surface area contributed by atoms with Gasteiger partial charge in [0.15, 0.2) is 0 Å². The molecule has 0 spiro atoms. The fraction of sp³-hybridized carbons (Fsp3) is 0.500. The maximum Gasteiger partial charge on any atom is 0.276 e. The van der Waals surface area contributed by atoms with Crippen molar-refractivity contribution in [1.82, 2.24) is 14.2 Å². The van der Waals surface area contributed by atoms with E-state index in [1.54, 1.807) is 27.5 Å². The van der Waals surface area contributed by atoms with Crippen LogP contribution in [0.2, 0.25) is 0 Å². The average molecular weight is 298 g/mol. The van der Waals surface area contributed by atoms with E-state index in [0.717, 1.165) is 11.9 Å². The Morgan fingerprint density at radius 3 is 2.82 bits per heavy atom. The van der Waals surface area contributed by atoms with E-state index in [1.807, 2.05) is 6.20 Å². The summed E-state index contributed by atoms with van der Waals surface area (Å²) in [6, 6.07) is 1.75. The van der Waals surface area contributed by atoms with E-state index in [-0.39, 0.29) is 5.56 Å². The molecule has 92 valence electrons. The Hall–Kier alpha value is -1.10. The van der Waals surface area contributed by atoms with Crippen molar-refractivity contribution in [2.75, 3.05) is 5.33 Å². The van der Waals surface area contributed by atoms with Crippen molar-refractivity contribution in [3.8, 4) is 0 Å². The molecular formula is C12H16BrN3O. The van der Waals surface area contributed by atoms with Crippen molar-refractivity contribution in [2.45, 2.75) is 20.4 Å². The predicted octanol–water partition coefficient (Wildman–Crippen LogP) is 2.16. The first kappa shape index (κ1) is 12.4. The Morgan fingerprint density at radius 2 is 2.18 bits per heavy atom. The molecule has 17 heavy (non-hydrogen) atoms. The van der Waals surface area contributed by atoms with Gasteiger partial charge in [-0.2, -0.15) is 5.10 Å². The number of rotatable bonds is 4. The minimum absolute atomic E-state index is 0.0246. The molecule has 2 rings (SSSR count). The maximum atomic E-state index is 12.2. The highest BCUT2D eigenvalue weighted by Crippen LogP contribution is 2.15. The Balaban J connectivity index is 2.36. The summed E-state index contributed by atoms with van der Waals surface area (Å²) in [5, 5.41) is 4.95.